The van der Waals surface area contributed by atoms with Crippen molar-refractivity contribution >= 4 is 0 Å². The van der Waals surface area contributed by atoms with E-state index in [9.17, 15) is 0 Å². The maximum atomic E-state index is 5.91. The monoisotopic (exact) mass is 208 g/mol. The Morgan fingerprint density at radius 2 is 2.33 bits per heavy atom. The summed E-state index contributed by atoms with van der Waals surface area (Å²) in [5.74, 6) is 0. The number of ether oxygens (including phenoxy) is 1. The van der Waals surface area contributed by atoms with Crippen LogP contribution in [-0.4, -0.2) is 24.2 Å². The molecule has 0 aromatic carbocycles. The highest BCUT2D eigenvalue weighted by molar-refractivity contribution is 5.03. The third kappa shape index (κ3) is 5.50. The minimum atomic E-state index is 0.124. The van der Waals surface area contributed by atoms with Crippen molar-refractivity contribution in [1.29, 1.82) is 0 Å². The lowest BCUT2D eigenvalue weighted by atomic mass is 10.1. The molecule has 2 N–H and O–H groups in total. The van der Waals surface area contributed by atoms with Gasteiger partial charge in [0.25, 0.3) is 0 Å². The third-order valence-corrected chi connectivity index (χ3v) is 2.18. The molecule has 0 fully saturated rings. The van der Waals surface area contributed by atoms with E-state index in [4.69, 9.17) is 10.5 Å². The van der Waals surface area contributed by atoms with Gasteiger partial charge in [0.1, 0.15) is 0 Å². The zero-order valence-electron chi connectivity index (χ0n) is 9.36. The molecule has 3 heteroatoms. The van der Waals surface area contributed by atoms with Crippen LogP contribution in [0.3, 0.4) is 0 Å². The highest BCUT2D eigenvalue weighted by atomic mass is 16.5. The smallest absolute Gasteiger partial charge is 0.0617 e. The average Bonchev–Trinajstić information content (AvgIpc) is 2.28. The van der Waals surface area contributed by atoms with Gasteiger partial charge in [0.05, 0.1) is 6.61 Å². The van der Waals surface area contributed by atoms with Gasteiger partial charge in [-0.15, -0.1) is 0 Å². The minimum Gasteiger partial charge on any atom is -0.380 e. The number of aryl methyl sites for hydroxylation is 1. The second-order valence-corrected chi connectivity index (χ2v) is 3.69. The van der Waals surface area contributed by atoms with E-state index < -0.39 is 0 Å². The Morgan fingerprint density at radius 1 is 1.47 bits per heavy atom. The van der Waals surface area contributed by atoms with Crippen LogP contribution < -0.4 is 5.73 Å². The van der Waals surface area contributed by atoms with E-state index in [1.165, 1.54) is 0 Å². The fraction of sp³-hybridized carbons (Fsp3) is 0.583. The Kier molecular flexibility index (Phi) is 5.97. The normalized spacial score (nSPS) is 12.7. The first-order valence-corrected chi connectivity index (χ1v) is 5.56. The van der Waals surface area contributed by atoms with Crippen LogP contribution in [0.1, 0.15) is 25.5 Å². The summed E-state index contributed by atoms with van der Waals surface area (Å²) in [5, 5.41) is 0. The largest absolute Gasteiger partial charge is 0.380 e. The number of nitrogens with two attached hydrogens (primary N) is 1. The van der Waals surface area contributed by atoms with E-state index in [0.29, 0.717) is 6.61 Å². The molecule has 1 rings (SSSR count). The van der Waals surface area contributed by atoms with Gasteiger partial charge in [-0.3, -0.25) is 4.98 Å². The molecule has 1 atom stereocenters. The fourth-order valence-corrected chi connectivity index (χ4v) is 1.34. The topological polar surface area (TPSA) is 48.1 Å². The molecular formula is C12H20N2O. The van der Waals surface area contributed by atoms with Crippen LogP contribution in [0, 0.1) is 0 Å². The van der Waals surface area contributed by atoms with Crippen molar-refractivity contribution in [2.45, 2.75) is 32.2 Å². The van der Waals surface area contributed by atoms with Gasteiger partial charge in [-0.1, -0.05) is 13.0 Å². The predicted octanol–water partition coefficient (Wildman–Crippen LogP) is 1.77. The molecule has 1 aromatic rings. The van der Waals surface area contributed by atoms with E-state index in [-0.39, 0.29) is 6.04 Å². The van der Waals surface area contributed by atoms with Crippen LogP contribution in [0.15, 0.2) is 24.4 Å². The van der Waals surface area contributed by atoms with Crippen molar-refractivity contribution < 1.29 is 4.74 Å². The summed E-state index contributed by atoms with van der Waals surface area (Å²) in [6.45, 7) is 3.55. The Balaban J connectivity index is 2.14. The van der Waals surface area contributed by atoms with Crippen molar-refractivity contribution in [1.82, 2.24) is 4.98 Å². The fourth-order valence-electron chi connectivity index (χ4n) is 1.34. The number of rotatable bonds is 7. The van der Waals surface area contributed by atoms with Gasteiger partial charge in [0, 0.05) is 24.5 Å². The highest BCUT2D eigenvalue weighted by Gasteiger charge is 2.03. The summed E-state index contributed by atoms with van der Waals surface area (Å²) in [6.07, 6.45) is 4.72. The molecule has 0 aliphatic carbocycles. The second kappa shape index (κ2) is 7.37. The standard InChI is InChI=1S/C12H20N2O/c1-2-9-15-10-11(13)6-7-12-5-3-4-8-14-12/h3-5,8,11H,2,6-7,9-10,13H2,1H3. The molecule has 0 saturated heterocycles. The molecule has 1 unspecified atom stereocenters. The second-order valence-electron chi connectivity index (χ2n) is 3.69. The quantitative estimate of drug-likeness (QED) is 0.695. The Hall–Kier alpha value is -0.930. The minimum absolute atomic E-state index is 0.124. The number of hydrogen-bond acceptors (Lipinski definition) is 3. The van der Waals surface area contributed by atoms with Gasteiger partial charge in [-0.25, -0.2) is 0 Å². The molecule has 1 heterocycles. The summed E-state index contributed by atoms with van der Waals surface area (Å²) in [7, 11) is 0. The zero-order chi connectivity index (χ0) is 10.9. The first kappa shape index (κ1) is 12.1. The molecule has 0 spiro atoms. The van der Waals surface area contributed by atoms with E-state index in [1.807, 2.05) is 24.4 Å². The van der Waals surface area contributed by atoms with E-state index in [0.717, 1.165) is 31.6 Å². The lowest BCUT2D eigenvalue weighted by Gasteiger charge is -2.11. The van der Waals surface area contributed by atoms with Crippen LogP contribution in [0.25, 0.3) is 0 Å². The van der Waals surface area contributed by atoms with Crippen LogP contribution in [0.5, 0.6) is 0 Å². The van der Waals surface area contributed by atoms with Gasteiger partial charge < -0.3 is 10.5 Å². The number of hydrogen-bond donors (Lipinski definition) is 1. The van der Waals surface area contributed by atoms with Gasteiger partial charge in [-0.2, -0.15) is 0 Å². The number of nitrogens with zero attached hydrogens (tertiary/aromatic N) is 1. The molecule has 0 saturated carbocycles. The summed E-state index contributed by atoms with van der Waals surface area (Å²) in [4.78, 5) is 4.25. The first-order valence-electron chi connectivity index (χ1n) is 5.56. The molecule has 0 amide bonds. The van der Waals surface area contributed by atoms with Gasteiger partial charge in [-0.05, 0) is 31.4 Å². The van der Waals surface area contributed by atoms with E-state index in [2.05, 4.69) is 11.9 Å². The van der Waals surface area contributed by atoms with Crippen molar-refractivity contribution in [3.05, 3.63) is 30.1 Å². The maximum absolute atomic E-state index is 5.91. The van der Waals surface area contributed by atoms with Crippen molar-refractivity contribution in [2.24, 2.45) is 5.73 Å². The summed E-state index contributed by atoms with van der Waals surface area (Å²) < 4.78 is 5.39. The van der Waals surface area contributed by atoms with Crippen molar-refractivity contribution in [2.75, 3.05) is 13.2 Å². The van der Waals surface area contributed by atoms with Crippen LogP contribution in [-0.2, 0) is 11.2 Å². The van der Waals surface area contributed by atoms with Gasteiger partial charge in [0.15, 0.2) is 0 Å². The summed E-state index contributed by atoms with van der Waals surface area (Å²) in [6, 6.07) is 6.08. The lowest BCUT2D eigenvalue weighted by molar-refractivity contribution is 0.119. The average molecular weight is 208 g/mol. The predicted molar refractivity (Wildman–Crippen MR) is 61.6 cm³/mol. The molecule has 3 nitrogen and oxygen atoms in total. The molecule has 15 heavy (non-hydrogen) atoms. The lowest BCUT2D eigenvalue weighted by Crippen LogP contribution is -2.27. The Bertz CT molecular complexity index is 251. The Morgan fingerprint density at radius 3 is 3.00 bits per heavy atom. The molecule has 0 bridgehead atoms. The number of aromatic nitrogens is 1. The maximum Gasteiger partial charge on any atom is 0.0617 e. The van der Waals surface area contributed by atoms with Crippen molar-refractivity contribution in [3.8, 4) is 0 Å². The summed E-state index contributed by atoms with van der Waals surface area (Å²) >= 11 is 0. The van der Waals surface area contributed by atoms with Crippen LogP contribution in [0.2, 0.25) is 0 Å². The molecule has 84 valence electrons. The Labute approximate surface area is 91.7 Å². The van der Waals surface area contributed by atoms with Gasteiger partial charge in [0.2, 0.25) is 0 Å². The molecular weight excluding hydrogens is 188 g/mol. The molecule has 0 aliphatic heterocycles. The van der Waals surface area contributed by atoms with Gasteiger partial charge >= 0.3 is 0 Å². The first-order chi connectivity index (χ1) is 7.33. The number of pyridine rings is 1. The zero-order valence-corrected chi connectivity index (χ0v) is 9.36. The third-order valence-electron chi connectivity index (χ3n) is 2.18. The highest BCUT2D eigenvalue weighted by Crippen LogP contribution is 2.01. The van der Waals surface area contributed by atoms with E-state index in [1.54, 1.807) is 0 Å². The van der Waals surface area contributed by atoms with E-state index >= 15 is 0 Å². The SMILES string of the molecule is CCCOCC(N)CCc1ccccn1. The molecule has 1 aromatic heterocycles. The summed E-state index contributed by atoms with van der Waals surface area (Å²) in [5.41, 5.74) is 7.01. The molecule has 0 radical (unpaired) electrons. The van der Waals surface area contributed by atoms with Crippen LogP contribution in [0.4, 0.5) is 0 Å². The van der Waals surface area contributed by atoms with Crippen molar-refractivity contribution in [3.63, 3.8) is 0 Å². The van der Waals surface area contributed by atoms with Crippen LogP contribution >= 0.6 is 0 Å². The molecule has 0 aliphatic rings.